The summed E-state index contributed by atoms with van der Waals surface area (Å²) in [6, 6.07) is 9.85. The fourth-order valence-electron chi connectivity index (χ4n) is 1.67. The molecule has 1 atom stereocenters. The molecule has 1 unspecified atom stereocenters. The largest absolute Gasteiger partial charge is 0.488 e. The average molecular weight is 245 g/mol. The molecule has 18 heavy (non-hydrogen) atoms. The van der Waals surface area contributed by atoms with Crippen LogP contribution in [0, 0.1) is 6.92 Å². The molecule has 3 heteroatoms. The lowest BCUT2D eigenvalue weighted by atomic mass is 10.1. The van der Waals surface area contributed by atoms with Crippen LogP contribution in [-0.4, -0.2) is 22.3 Å². The summed E-state index contributed by atoms with van der Waals surface area (Å²) in [5.41, 5.74) is 1.01. The van der Waals surface area contributed by atoms with Crippen LogP contribution in [0.15, 0.2) is 30.3 Å². The van der Waals surface area contributed by atoms with Gasteiger partial charge in [-0.15, -0.1) is 0 Å². The third kappa shape index (κ3) is 2.79. The first-order chi connectivity index (χ1) is 8.52. The SMILES string of the molecule is CCC(C)(O)COc1cccc2ccc(C)nc12. The Balaban J connectivity index is 2.30. The van der Waals surface area contributed by atoms with Gasteiger partial charge in [-0.05, 0) is 32.4 Å². The summed E-state index contributed by atoms with van der Waals surface area (Å²) in [5.74, 6) is 0.727. The molecular weight excluding hydrogens is 226 g/mol. The van der Waals surface area contributed by atoms with E-state index < -0.39 is 5.60 Å². The van der Waals surface area contributed by atoms with Gasteiger partial charge in [0.15, 0.2) is 0 Å². The Morgan fingerprint density at radius 3 is 2.78 bits per heavy atom. The van der Waals surface area contributed by atoms with Crippen LogP contribution in [0.1, 0.15) is 26.0 Å². The molecule has 1 aromatic heterocycles. The second kappa shape index (κ2) is 4.94. The molecule has 96 valence electrons. The van der Waals surface area contributed by atoms with Gasteiger partial charge in [-0.3, -0.25) is 0 Å². The standard InChI is InChI=1S/C15H19NO2/c1-4-15(3,17)10-18-13-7-5-6-12-9-8-11(2)16-14(12)13/h5-9,17H,4,10H2,1-3H3. The predicted molar refractivity (Wildman–Crippen MR) is 72.9 cm³/mol. The zero-order chi connectivity index (χ0) is 13.2. The molecule has 0 fully saturated rings. The van der Waals surface area contributed by atoms with Crippen LogP contribution in [0.3, 0.4) is 0 Å². The number of aromatic nitrogens is 1. The Labute approximate surface area is 107 Å². The Morgan fingerprint density at radius 1 is 1.28 bits per heavy atom. The van der Waals surface area contributed by atoms with E-state index in [0.717, 1.165) is 22.3 Å². The highest BCUT2D eigenvalue weighted by molar-refractivity contribution is 5.84. The lowest BCUT2D eigenvalue weighted by molar-refractivity contribution is 0.00891. The minimum absolute atomic E-state index is 0.276. The molecule has 0 aliphatic heterocycles. The quantitative estimate of drug-likeness (QED) is 0.900. The summed E-state index contributed by atoms with van der Waals surface area (Å²) in [6.45, 7) is 5.95. The number of ether oxygens (including phenoxy) is 1. The summed E-state index contributed by atoms with van der Waals surface area (Å²) in [4.78, 5) is 4.50. The molecule has 0 saturated heterocycles. The molecule has 0 saturated carbocycles. The van der Waals surface area contributed by atoms with E-state index in [1.807, 2.05) is 44.2 Å². The van der Waals surface area contributed by atoms with Crippen molar-refractivity contribution in [3.63, 3.8) is 0 Å². The summed E-state index contributed by atoms with van der Waals surface area (Å²) in [7, 11) is 0. The molecule has 1 aromatic carbocycles. The molecular formula is C15H19NO2. The topological polar surface area (TPSA) is 42.4 Å². The molecule has 3 nitrogen and oxygen atoms in total. The smallest absolute Gasteiger partial charge is 0.145 e. The Kier molecular flexibility index (Phi) is 3.53. The molecule has 1 N–H and O–H groups in total. The Hall–Kier alpha value is -1.61. The van der Waals surface area contributed by atoms with Gasteiger partial charge in [-0.25, -0.2) is 4.98 Å². The molecule has 0 radical (unpaired) electrons. The lowest BCUT2D eigenvalue weighted by Crippen LogP contribution is -2.31. The van der Waals surface area contributed by atoms with Crippen molar-refractivity contribution in [1.29, 1.82) is 0 Å². The number of nitrogens with zero attached hydrogens (tertiary/aromatic N) is 1. The lowest BCUT2D eigenvalue weighted by Gasteiger charge is -2.21. The van der Waals surface area contributed by atoms with E-state index in [4.69, 9.17) is 4.74 Å². The first kappa shape index (κ1) is 12.8. The first-order valence-electron chi connectivity index (χ1n) is 6.23. The molecule has 0 aliphatic carbocycles. The van der Waals surface area contributed by atoms with Crippen LogP contribution < -0.4 is 4.74 Å². The average Bonchev–Trinajstić information content (AvgIpc) is 2.36. The summed E-state index contributed by atoms with van der Waals surface area (Å²) in [6.07, 6.45) is 0.657. The second-order valence-electron chi connectivity index (χ2n) is 4.92. The molecule has 0 aliphatic rings. The van der Waals surface area contributed by atoms with Gasteiger partial charge in [0, 0.05) is 11.1 Å². The van der Waals surface area contributed by atoms with Gasteiger partial charge < -0.3 is 9.84 Å². The monoisotopic (exact) mass is 245 g/mol. The number of para-hydroxylation sites is 1. The first-order valence-corrected chi connectivity index (χ1v) is 6.23. The number of aryl methyl sites for hydroxylation is 1. The van der Waals surface area contributed by atoms with Crippen molar-refractivity contribution in [2.45, 2.75) is 32.8 Å². The van der Waals surface area contributed by atoms with Crippen LogP contribution in [0.2, 0.25) is 0 Å². The number of benzene rings is 1. The van der Waals surface area contributed by atoms with E-state index >= 15 is 0 Å². The summed E-state index contributed by atoms with van der Waals surface area (Å²) >= 11 is 0. The van der Waals surface area contributed by atoms with Crippen molar-refractivity contribution in [2.24, 2.45) is 0 Å². The summed E-state index contributed by atoms with van der Waals surface area (Å²) < 4.78 is 5.72. The van der Waals surface area contributed by atoms with Gasteiger partial charge in [0.1, 0.15) is 17.9 Å². The molecule has 2 aromatic rings. The highest BCUT2D eigenvalue weighted by Crippen LogP contribution is 2.25. The number of fused-ring (bicyclic) bond motifs is 1. The van der Waals surface area contributed by atoms with Crippen molar-refractivity contribution >= 4 is 10.9 Å². The maximum atomic E-state index is 9.97. The minimum Gasteiger partial charge on any atom is -0.488 e. The molecule has 0 bridgehead atoms. The molecule has 2 rings (SSSR count). The fraction of sp³-hybridized carbons (Fsp3) is 0.400. The van der Waals surface area contributed by atoms with Gasteiger partial charge in [0.25, 0.3) is 0 Å². The van der Waals surface area contributed by atoms with Crippen molar-refractivity contribution in [2.75, 3.05) is 6.61 Å². The Morgan fingerprint density at radius 2 is 2.06 bits per heavy atom. The number of hydrogen-bond donors (Lipinski definition) is 1. The van der Waals surface area contributed by atoms with Crippen molar-refractivity contribution in [1.82, 2.24) is 4.98 Å². The third-order valence-electron chi connectivity index (χ3n) is 3.12. The highest BCUT2D eigenvalue weighted by atomic mass is 16.5. The molecule has 1 heterocycles. The van der Waals surface area contributed by atoms with E-state index in [2.05, 4.69) is 4.98 Å². The fourth-order valence-corrected chi connectivity index (χ4v) is 1.67. The van der Waals surface area contributed by atoms with Gasteiger partial charge in [0.05, 0.1) is 5.60 Å². The maximum Gasteiger partial charge on any atom is 0.145 e. The number of aliphatic hydroxyl groups is 1. The van der Waals surface area contributed by atoms with E-state index in [9.17, 15) is 5.11 Å². The van der Waals surface area contributed by atoms with Crippen molar-refractivity contribution < 1.29 is 9.84 Å². The normalized spacial score (nSPS) is 14.4. The van der Waals surface area contributed by atoms with Crippen LogP contribution >= 0.6 is 0 Å². The van der Waals surface area contributed by atoms with Gasteiger partial charge in [-0.2, -0.15) is 0 Å². The zero-order valence-electron chi connectivity index (χ0n) is 11.1. The number of pyridine rings is 1. The van der Waals surface area contributed by atoms with E-state index in [1.54, 1.807) is 6.92 Å². The number of rotatable bonds is 4. The van der Waals surface area contributed by atoms with Gasteiger partial charge in [-0.1, -0.05) is 25.1 Å². The van der Waals surface area contributed by atoms with E-state index in [0.29, 0.717) is 6.42 Å². The van der Waals surface area contributed by atoms with E-state index in [-0.39, 0.29) is 6.61 Å². The third-order valence-corrected chi connectivity index (χ3v) is 3.12. The van der Waals surface area contributed by atoms with Crippen LogP contribution in [0.25, 0.3) is 10.9 Å². The Bertz CT molecular complexity index is 549. The van der Waals surface area contributed by atoms with Crippen LogP contribution in [0.4, 0.5) is 0 Å². The van der Waals surface area contributed by atoms with Crippen molar-refractivity contribution in [3.8, 4) is 5.75 Å². The second-order valence-corrected chi connectivity index (χ2v) is 4.92. The van der Waals surface area contributed by atoms with E-state index in [1.165, 1.54) is 0 Å². The number of hydrogen-bond acceptors (Lipinski definition) is 3. The van der Waals surface area contributed by atoms with Gasteiger partial charge in [0.2, 0.25) is 0 Å². The summed E-state index contributed by atoms with van der Waals surface area (Å²) in [5, 5.41) is 11.0. The van der Waals surface area contributed by atoms with Crippen molar-refractivity contribution in [3.05, 3.63) is 36.0 Å². The predicted octanol–water partition coefficient (Wildman–Crippen LogP) is 3.08. The van der Waals surface area contributed by atoms with Crippen LogP contribution in [0.5, 0.6) is 5.75 Å². The van der Waals surface area contributed by atoms with Gasteiger partial charge >= 0.3 is 0 Å². The minimum atomic E-state index is -0.800. The maximum absolute atomic E-state index is 9.97. The molecule has 0 spiro atoms. The zero-order valence-corrected chi connectivity index (χ0v) is 11.1. The van der Waals surface area contributed by atoms with Crippen LogP contribution in [-0.2, 0) is 0 Å². The molecule has 0 amide bonds. The highest BCUT2D eigenvalue weighted by Gasteiger charge is 2.19.